The van der Waals surface area contributed by atoms with Gasteiger partial charge in [0.1, 0.15) is 0 Å². The fraction of sp³-hybridized carbons (Fsp3) is 0.333. The Morgan fingerprint density at radius 2 is 1.50 bits per heavy atom. The summed E-state index contributed by atoms with van der Waals surface area (Å²) in [4.78, 5) is 28.8. The van der Waals surface area contributed by atoms with E-state index in [4.69, 9.17) is 0 Å². The molecule has 1 fully saturated rings. The van der Waals surface area contributed by atoms with Gasteiger partial charge in [-0.2, -0.15) is 0 Å². The van der Waals surface area contributed by atoms with Crippen molar-refractivity contribution < 1.29 is 9.59 Å². The molecule has 136 valence electrons. The summed E-state index contributed by atoms with van der Waals surface area (Å²) in [5, 5.41) is 2.88. The molecule has 0 saturated carbocycles. The molecular weight excluding hydrogens is 326 g/mol. The van der Waals surface area contributed by atoms with Crippen LogP contribution in [0.25, 0.3) is 0 Å². The van der Waals surface area contributed by atoms with Crippen molar-refractivity contribution in [2.24, 2.45) is 0 Å². The highest BCUT2D eigenvalue weighted by molar-refractivity contribution is 6.35. The number of anilines is 1. The summed E-state index contributed by atoms with van der Waals surface area (Å²) in [6.07, 6.45) is 0.741. The number of rotatable bonds is 4. The number of carbonyl (C=O) groups is 2. The van der Waals surface area contributed by atoms with Gasteiger partial charge in [0, 0.05) is 31.9 Å². The average molecular weight is 351 g/mol. The van der Waals surface area contributed by atoms with E-state index in [1.807, 2.05) is 55.5 Å². The summed E-state index contributed by atoms with van der Waals surface area (Å²) in [5.74, 6) is -0.957. The maximum atomic E-state index is 12.5. The zero-order chi connectivity index (χ0) is 18.4. The van der Waals surface area contributed by atoms with Crippen LogP contribution in [0.15, 0.2) is 60.7 Å². The number of hydrogen-bond donors (Lipinski definition) is 1. The van der Waals surface area contributed by atoms with Crippen LogP contribution in [0.1, 0.15) is 24.9 Å². The molecule has 1 aliphatic rings. The van der Waals surface area contributed by atoms with E-state index in [2.05, 4.69) is 22.3 Å². The number of para-hydroxylation sites is 1. The number of piperazine rings is 1. The molecule has 5 nitrogen and oxygen atoms in total. The van der Waals surface area contributed by atoms with Crippen molar-refractivity contribution in [3.63, 3.8) is 0 Å². The van der Waals surface area contributed by atoms with Crippen molar-refractivity contribution in [3.05, 3.63) is 66.2 Å². The number of benzene rings is 2. The van der Waals surface area contributed by atoms with Gasteiger partial charge in [0.2, 0.25) is 0 Å². The molecule has 0 radical (unpaired) electrons. The van der Waals surface area contributed by atoms with Crippen LogP contribution in [-0.4, -0.2) is 42.9 Å². The van der Waals surface area contributed by atoms with Crippen molar-refractivity contribution in [2.75, 3.05) is 31.1 Å². The monoisotopic (exact) mass is 351 g/mol. The number of amides is 2. The van der Waals surface area contributed by atoms with Crippen molar-refractivity contribution in [1.82, 2.24) is 10.2 Å². The molecule has 2 aromatic rings. The Morgan fingerprint density at radius 1 is 0.923 bits per heavy atom. The molecule has 3 rings (SSSR count). The fourth-order valence-corrected chi connectivity index (χ4v) is 3.28. The highest BCUT2D eigenvalue weighted by Gasteiger charge is 2.27. The molecule has 26 heavy (non-hydrogen) atoms. The lowest BCUT2D eigenvalue weighted by atomic mass is 10.0. The first kappa shape index (κ1) is 18.0. The first-order valence-electron chi connectivity index (χ1n) is 9.13. The number of nitrogens with one attached hydrogen (secondary N) is 1. The predicted octanol–water partition coefficient (Wildman–Crippen LogP) is 2.60. The number of carbonyl (C=O) groups excluding carboxylic acids is 2. The van der Waals surface area contributed by atoms with Crippen molar-refractivity contribution >= 4 is 17.5 Å². The Balaban J connectivity index is 1.55. The van der Waals surface area contributed by atoms with Crippen molar-refractivity contribution in [1.29, 1.82) is 0 Å². The van der Waals surface area contributed by atoms with Gasteiger partial charge in [0.15, 0.2) is 0 Å². The van der Waals surface area contributed by atoms with Gasteiger partial charge in [-0.1, -0.05) is 55.5 Å². The first-order valence-corrected chi connectivity index (χ1v) is 9.13. The molecule has 1 unspecified atom stereocenters. The largest absolute Gasteiger partial charge is 0.368 e. The van der Waals surface area contributed by atoms with E-state index in [1.165, 1.54) is 0 Å². The van der Waals surface area contributed by atoms with E-state index in [9.17, 15) is 9.59 Å². The topological polar surface area (TPSA) is 52.7 Å². The molecule has 1 N–H and O–H groups in total. The van der Waals surface area contributed by atoms with Gasteiger partial charge in [-0.15, -0.1) is 0 Å². The quantitative estimate of drug-likeness (QED) is 0.862. The van der Waals surface area contributed by atoms with Crippen LogP contribution in [0, 0.1) is 0 Å². The summed E-state index contributed by atoms with van der Waals surface area (Å²) in [6.45, 7) is 4.59. The summed E-state index contributed by atoms with van der Waals surface area (Å²) >= 11 is 0. The second-order valence-electron chi connectivity index (χ2n) is 6.46. The van der Waals surface area contributed by atoms with E-state index in [0.29, 0.717) is 13.1 Å². The molecule has 1 heterocycles. The minimum absolute atomic E-state index is 0.141. The predicted molar refractivity (Wildman–Crippen MR) is 103 cm³/mol. The van der Waals surface area contributed by atoms with Crippen molar-refractivity contribution in [2.45, 2.75) is 19.4 Å². The first-order chi connectivity index (χ1) is 12.7. The van der Waals surface area contributed by atoms with Crippen LogP contribution in [0.5, 0.6) is 0 Å². The van der Waals surface area contributed by atoms with Crippen LogP contribution < -0.4 is 10.2 Å². The van der Waals surface area contributed by atoms with Crippen LogP contribution >= 0.6 is 0 Å². The molecular formula is C21H25N3O2. The highest BCUT2D eigenvalue weighted by atomic mass is 16.2. The number of nitrogens with zero attached hydrogens (tertiary/aromatic N) is 2. The van der Waals surface area contributed by atoms with Crippen LogP contribution in [0.2, 0.25) is 0 Å². The summed E-state index contributed by atoms with van der Waals surface area (Å²) in [5.41, 5.74) is 2.17. The Labute approximate surface area is 154 Å². The molecule has 2 amide bonds. The lowest BCUT2D eigenvalue weighted by Gasteiger charge is -2.36. The van der Waals surface area contributed by atoms with Gasteiger partial charge < -0.3 is 15.1 Å². The normalized spacial score (nSPS) is 15.4. The molecule has 1 saturated heterocycles. The second kappa shape index (κ2) is 8.52. The minimum Gasteiger partial charge on any atom is -0.368 e. The van der Waals surface area contributed by atoms with Gasteiger partial charge in [-0.3, -0.25) is 9.59 Å². The van der Waals surface area contributed by atoms with E-state index in [1.54, 1.807) is 4.90 Å². The lowest BCUT2D eigenvalue weighted by Crippen LogP contribution is -2.53. The van der Waals surface area contributed by atoms with Gasteiger partial charge in [-0.05, 0) is 24.1 Å². The molecule has 5 heteroatoms. The Kier molecular flexibility index (Phi) is 5.89. The van der Waals surface area contributed by atoms with E-state index in [0.717, 1.165) is 30.8 Å². The highest BCUT2D eigenvalue weighted by Crippen LogP contribution is 2.17. The smallest absolute Gasteiger partial charge is 0.312 e. The number of hydrogen-bond acceptors (Lipinski definition) is 3. The molecule has 2 aromatic carbocycles. The maximum absolute atomic E-state index is 12.5. The molecule has 1 atom stereocenters. The van der Waals surface area contributed by atoms with E-state index < -0.39 is 11.8 Å². The van der Waals surface area contributed by atoms with Gasteiger partial charge in [-0.25, -0.2) is 0 Å². The van der Waals surface area contributed by atoms with Crippen molar-refractivity contribution in [3.8, 4) is 0 Å². The summed E-state index contributed by atoms with van der Waals surface area (Å²) in [6, 6.07) is 19.8. The van der Waals surface area contributed by atoms with Gasteiger partial charge in [0.25, 0.3) is 0 Å². The Bertz CT molecular complexity index is 725. The zero-order valence-electron chi connectivity index (χ0n) is 15.1. The molecule has 0 aliphatic carbocycles. The fourth-order valence-electron chi connectivity index (χ4n) is 3.28. The lowest BCUT2D eigenvalue weighted by molar-refractivity contribution is -0.146. The standard InChI is InChI=1S/C21H25N3O2/c1-2-19(17-9-5-3-6-10-17)22-20(25)21(26)24-15-13-23(14-16-24)18-11-7-4-8-12-18/h3-12,19H,2,13-16H2,1H3,(H,22,25). The molecule has 0 aromatic heterocycles. The SMILES string of the molecule is CCC(NC(=O)C(=O)N1CCN(c2ccccc2)CC1)c1ccccc1. The summed E-state index contributed by atoms with van der Waals surface area (Å²) in [7, 11) is 0. The second-order valence-corrected chi connectivity index (χ2v) is 6.46. The maximum Gasteiger partial charge on any atom is 0.312 e. The molecule has 0 bridgehead atoms. The minimum atomic E-state index is -0.520. The van der Waals surface area contributed by atoms with E-state index >= 15 is 0 Å². The van der Waals surface area contributed by atoms with Crippen LogP contribution in [0.3, 0.4) is 0 Å². The zero-order valence-corrected chi connectivity index (χ0v) is 15.1. The average Bonchev–Trinajstić information content (AvgIpc) is 2.72. The Hall–Kier alpha value is -2.82. The molecule has 0 spiro atoms. The molecule has 1 aliphatic heterocycles. The third kappa shape index (κ3) is 4.23. The Morgan fingerprint density at radius 3 is 2.08 bits per heavy atom. The van der Waals surface area contributed by atoms with Gasteiger partial charge >= 0.3 is 11.8 Å². The third-order valence-electron chi connectivity index (χ3n) is 4.80. The van der Waals surface area contributed by atoms with Crippen LogP contribution in [-0.2, 0) is 9.59 Å². The third-order valence-corrected chi connectivity index (χ3v) is 4.80. The van der Waals surface area contributed by atoms with E-state index in [-0.39, 0.29) is 6.04 Å². The summed E-state index contributed by atoms with van der Waals surface area (Å²) < 4.78 is 0. The van der Waals surface area contributed by atoms with Gasteiger partial charge in [0.05, 0.1) is 6.04 Å². The van der Waals surface area contributed by atoms with Crippen LogP contribution in [0.4, 0.5) is 5.69 Å².